The van der Waals surface area contributed by atoms with Crippen LogP contribution >= 0.6 is 0 Å². The minimum absolute atomic E-state index is 0.0935. The molecule has 0 atom stereocenters. The third kappa shape index (κ3) is 3.32. The molecule has 3 nitrogen and oxygen atoms in total. The van der Waals surface area contributed by atoms with Gasteiger partial charge >= 0.3 is 0 Å². The second kappa shape index (κ2) is 6.12. The van der Waals surface area contributed by atoms with Crippen molar-refractivity contribution in [3.8, 4) is 0 Å². The smallest absolute Gasteiger partial charge is 0.246 e. The minimum atomic E-state index is -0.298. The largest absolute Gasteiger partial charge is 0.459 e. The van der Waals surface area contributed by atoms with E-state index in [1.54, 1.807) is 30.2 Å². The number of aryl methyl sites for hydroxylation is 1. The summed E-state index contributed by atoms with van der Waals surface area (Å²) in [5, 5.41) is 0.492. The number of carbonyl (C=O) groups is 1. The van der Waals surface area contributed by atoms with E-state index in [9.17, 15) is 9.18 Å². The van der Waals surface area contributed by atoms with E-state index in [1.807, 2.05) is 26.8 Å². The molecule has 0 radical (unpaired) electrons. The van der Waals surface area contributed by atoms with Crippen molar-refractivity contribution in [2.45, 2.75) is 27.3 Å². The molecule has 1 aromatic heterocycles. The SMILES string of the molecule is Cc1c(CN(C)C(=O)/C=C/C(C)C)oc2cccc(F)c12. The molecule has 1 aromatic carbocycles. The molecule has 0 aliphatic rings. The van der Waals surface area contributed by atoms with Crippen molar-refractivity contribution in [2.75, 3.05) is 7.05 Å². The van der Waals surface area contributed by atoms with Gasteiger partial charge in [-0.15, -0.1) is 0 Å². The van der Waals surface area contributed by atoms with Crippen molar-refractivity contribution >= 4 is 16.9 Å². The predicted molar refractivity (Wildman–Crippen MR) is 81.4 cm³/mol. The molecular weight excluding hydrogens is 269 g/mol. The van der Waals surface area contributed by atoms with Gasteiger partial charge in [0.05, 0.1) is 11.9 Å². The molecule has 0 aliphatic carbocycles. The molecule has 0 unspecified atom stereocenters. The summed E-state index contributed by atoms with van der Waals surface area (Å²) in [6, 6.07) is 4.76. The third-order valence-corrected chi connectivity index (χ3v) is 3.38. The number of hydrogen-bond donors (Lipinski definition) is 0. The number of fused-ring (bicyclic) bond motifs is 1. The number of benzene rings is 1. The van der Waals surface area contributed by atoms with Crippen LogP contribution in [0.25, 0.3) is 11.0 Å². The molecule has 0 bridgehead atoms. The molecule has 2 rings (SSSR count). The van der Waals surface area contributed by atoms with Gasteiger partial charge in [0, 0.05) is 12.6 Å². The van der Waals surface area contributed by atoms with Gasteiger partial charge in [0.2, 0.25) is 5.91 Å². The van der Waals surface area contributed by atoms with Gasteiger partial charge in [-0.1, -0.05) is 26.0 Å². The van der Waals surface area contributed by atoms with Crippen LogP contribution in [0.3, 0.4) is 0 Å². The fourth-order valence-corrected chi connectivity index (χ4v) is 2.15. The van der Waals surface area contributed by atoms with E-state index in [-0.39, 0.29) is 11.7 Å². The molecular formula is C17H20FNO2. The number of hydrogen-bond acceptors (Lipinski definition) is 2. The van der Waals surface area contributed by atoms with Gasteiger partial charge < -0.3 is 9.32 Å². The molecule has 0 saturated heterocycles. The summed E-state index contributed by atoms with van der Waals surface area (Å²) in [6.45, 7) is 6.15. The Morgan fingerprint density at radius 1 is 1.43 bits per heavy atom. The number of amides is 1. The Morgan fingerprint density at radius 2 is 2.14 bits per heavy atom. The molecule has 0 N–H and O–H groups in total. The summed E-state index contributed by atoms with van der Waals surface area (Å²) in [7, 11) is 1.70. The summed E-state index contributed by atoms with van der Waals surface area (Å²) in [5.41, 5.74) is 1.26. The highest BCUT2D eigenvalue weighted by molar-refractivity contribution is 5.87. The maximum Gasteiger partial charge on any atom is 0.246 e. The molecule has 4 heteroatoms. The molecule has 1 amide bonds. The third-order valence-electron chi connectivity index (χ3n) is 3.38. The molecule has 112 valence electrons. The second-order valence-electron chi connectivity index (χ2n) is 5.56. The zero-order chi connectivity index (χ0) is 15.6. The zero-order valence-corrected chi connectivity index (χ0v) is 12.8. The average molecular weight is 289 g/mol. The van der Waals surface area contributed by atoms with E-state index in [0.717, 1.165) is 5.56 Å². The Balaban J connectivity index is 2.22. The Bertz CT molecular complexity index is 685. The number of furan rings is 1. The first kappa shape index (κ1) is 15.3. The first-order chi connectivity index (χ1) is 9.90. The Labute approximate surface area is 124 Å². The number of likely N-dealkylation sites (N-methyl/N-ethyl adjacent to an activating group) is 1. The van der Waals surface area contributed by atoms with Gasteiger partial charge in [0.25, 0.3) is 0 Å². The lowest BCUT2D eigenvalue weighted by molar-refractivity contribution is -0.125. The van der Waals surface area contributed by atoms with Gasteiger partial charge in [0.1, 0.15) is 17.2 Å². The lowest BCUT2D eigenvalue weighted by Crippen LogP contribution is -2.24. The second-order valence-corrected chi connectivity index (χ2v) is 5.56. The summed E-state index contributed by atoms with van der Waals surface area (Å²) >= 11 is 0. The van der Waals surface area contributed by atoms with Gasteiger partial charge in [-0.25, -0.2) is 4.39 Å². The van der Waals surface area contributed by atoms with Crippen LogP contribution in [-0.4, -0.2) is 17.9 Å². The molecule has 1 heterocycles. The first-order valence-corrected chi connectivity index (χ1v) is 7.00. The number of rotatable bonds is 4. The van der Waals surface area contributed by atoms with Crippen molar-refractivity contribution in [3.63, 3.8) is 0 Å². The number of carbonyl (C=O) groups excluding carboxylic acids is 1. The van der Waals surface area contributed by atoms with Crippen LogP contribution in [0.4, 0.5) is 4.39 Å². The summed E-state index contributed by atoms with van der Waals surface area (Å²) in [5.74, 6) is 0.547. The molecule has 2 aromatic rings. The topological polar surface area (TPSA) is 33.5 Å². The van der Waals surface area contributed by atoms with Crippen LogP contribution in [-0.2, 0) is 11.3 Å². The molecule has 0 spiro atoms. The highest BCUT2D eigenvalue weighted by Gasteiger charge is 2.16. The van der Waals surface area contributed by atoms with Crippen molar-refractivity contribution in [1.29, 1.82) is 0 Å². The van der Waals surface area contributed by atoms with Gasteiger partial charge in [-0.05, 0) is 31.1 Å². The quantitative estimate of drug-likeness (QED) is 0.796. The lowest BCUT2D eigenvalue weighted by Gasteiger charge is -2.14. The van der Waals surface area contributed by atoms with E-state index < -0.39 is 0 Å². The highest BCUT2D eigenvalue weighted by atomic mass is 19.1. The highest BCUT2D eigenvalue weighted by Crippen LogP contribution is 2.28. The Hall–Kier alpha value is -2.10. The van der Waals surface area contributed by atoms with Crippen LogP contribution in [0.5, 0.6) is 0 Å². The fraction of sp³-hybridized carbons (Fsp3) is 0.353. The summed E-state index contributed by atoms with van der Waals surface area (Å²) in [4.78, 5) is 13.5. The molecule has 21 heavy (non-hydrogen) atoms. The first-order valence-electron chi connectivity index (χ1n) is 7.00. The monoisotopic (exact) mass is 289 g/mol. The van der Waals surface area contributed by atoms with Crippen LogP contribution in [0.1, 0.15) is 25.2 Å². The number of nitrogens with zero attached hydrogens (tertiary/aromatic N) is 1. The van der Waals surface area contributed by atoms with Crippen LogP contribution in [0, 0.1) is 18.7 Å². The normalized spacial score (nSPS) is 11.7. The molecule has 0 saturated carbocycles. The summed E-state index contributed by atoms with van der Waals surface area (Å²) in [6.07, 6.45) is 3.41. The lowest BCUT2D eigenvalue weighted by atomic mass is 10.1. The van der Waals surface area contributed by atoms with Gasteiger partial charge in [-0.2, -0.15) is 0 Å². The zero-order valence-electron chi connectivity index (χ0n) is 12.8. The molecule has 0 aliphatic heterocycles. The minimum Gasteiger partial charge on any atom is -0.459 e. The number of halogens is 1. The predicted octanol–water partition coefficient (Wildman–Crippen LogP) is 4.05. The van der Waals surface area contributed by atoms with E-state index >= 15 is 0 Å². The maximum absolute atomic E-state index is 13.8. The molecule has 0 fully saturated rings. The van der Waals surface area contributed by atoms with Crippen molar-refractivity contribution < 1.29 is 13.6 Å². The van der Waals surface area contributed by atoms with Crippen LogP contribution < -0.4 is 0 Å². The maximum atomic E-state index is 13.8. The van der Waals surface area contributed by atoms with E-state index in [0.29, 0.717) is 29.2 Å². The Morgan fingerprint density at radius 3 is 2.76 bits per heavy atom. The van der Waals surface area contributed by atoms with Crippen LogP contribution in [0.15, 0.2) is 34.8 Å². The van der Waals surface area contributed by atoms with Crippen molar-refractivity contribution in [3.05, 3.63) is 47.5 Å². The van der Waals surface area contributed by atoms with E-state index in [1.165, 1.54) is 6.07 Å². The van der Waals surface area contributed by atoms with Crippen LogP contribution in [0.2, 0.25) is 0 Å². The standard InChI is InChI=1S/C17H20FNO2/c1-11(2)8-9-16(20)19(4)10-15-12(3)17-13(18)6-5-7-14(17)21-15/h5-9,11H,10H2,1-4H3/b9-8+. The van der Waals surface area contributed by atoms with Gasteiger partial charge in [-0.3, -0.25) is 4.79 Å². The van der Waals surface area contributed by atoms with Gasteiger partial charge in [0.15, 0.2) is 0 Å². The van der Waals surface area contributed by atoms with E-state index in [4.69, 9.17) is 4.42 Å². The van der Waals surface area contributed by atoms with E-state index in [2.05, 4.69) is 0 Å². The number of allylic oxidation sites excluding steroid dienone is 1. The van der Waals surface area contributed by atoms with Crippen molar-refractivity contribution in [1.82, 2.24) is 4.90 Å². The Kier molecular flexibility index (Phi) is 4.46. The summed E-state index contributed by atoms with van der Waals surface area (Å²) < 4.78 is 19.5. The average Bonchev–Trinajstić information content (AvgIpc) is 2.74. The fourth-order valence-electron chi connectivity index (χ4n) is 2.15. The van der Waals surface area contributed by atoms with Crippen molar-refractivity contribution in [2.24, 2.45) is 5.92 Å².